The number of nitrogens with zero attached hydrogens (tertiary/aromatic N) is 3. The van der Waals surface area contributed by atoms with Crippen LogP contribution in [-0.4, -0.2) is 26.0 Å². The van der Waals surface area contributed by atoms with Gasteiger partial charge in [-0.05, 0) is 18.8 Å². The van der Waals surface area contributed by atoms with E-state index in [0.717, 1.165) is 25.7 Å². The van der Waals surface area contributed by atoms with E-state index in [0.29, 0.717) is 5.92 Å². The maximum absolute atomic E-state index is 9.97. The van der Waals surface area contributed by atoms with Crippen LogP contribution in [0.3, 0.4) is 0 Å². The Morgan fingerprint density at radius 1 is 1.19 bits per heavy atom. The Balaban J connectivity index is 2.21. The summed E-state index contributed by atoms with van der Waals surface area (Å²) >= 11 is 0. The number of amidine groups is 1. The molecular formula is C15H20N4O2. The average Bonchev–Trinajstić information content (AvgIpc) is 2.94. The predicted octanol–water partition coefficient (Wildman–Crippen LogP) is 1.53. The van der Waals surface area contributed by atoms with Crippen molar-refractivity contribution in [1.29, 1.82) is 10.5 Å². The van der Waals surface area contributed by atoms with E-state index in [1.807, 2.05) is 0 Å². The van der Waals surface area contributed by atoms with Crippen molar-refractivity contribution in [1.82, 2.24) is 0 Å². The Labute approximate surface area is 124 Å². The smallest absolute Gasteiger partial charge is 0.292 e. The summed E-state index contributed by atoms with van der Waals surface area (Å²) in [5, 5.41) is 19.8. The summed E-state index contributed by atoms with van der Waals surface area (Å²) in [5.74, 6) is -0.687. The fraction of sp³-hybridized carbons (Fsp3) is 0.800. The molecule has 0 amide bonds. The van der Waals surface area contributed by atoms with Gasteiger partial charge < -0.3 is 15.2 Å². The van der Waals surface area contributed by atoms with Gasteiger partial charge in [0.25, 0.3) is 5.91 Å². The fourth-order valence-electron chi connectivity index (χ4n) is 4.99. The molecule has 2 N–H and O–H groups in total. The van der Waals surface area contributed by atoms with Gasteiger partial charge in [0.1, 0.15) is 11.3 Å². The van der Waals surface area contributed by atoms with Crippen LogP contribution in [0.4, 0.5) is 0 Å². The van der Waals surface area contributed by atoms with Gasteiger partial charge in [-0.15, -0.1) is 0 Å². The Bertz CT molecular complexity index is 590. The third kappa shape index (κ3) is 1.08. The van der Waals surface area contributed by atoms with Crippen molar-refractivity contribution in [3.05, 3.63) is 0 Å². The minimum atomic E-state index is -1.47. The molecule has 0 saturated heterocycles. The fourth-order valence-corrected chi connectivity index (χ4v) is 4.99. The molecule has 3 aliphatic rings. The molecule has 112 valence electrons. The monoisotopic (exact) mass is 288 g/mol. The van der Waals surface area contributed by atoms with Crippen molar-refractivity contribution < 1.29 is 9.47 Å². The van der Waals surface area contributed by atoms with Crippen LogP contribution in [-0.2, 0) is 9.47 Å². The van der Waals surface area contributed by atoms with Crippen molar-refractivity contribution in [2.24, 2.45) is 32.9 Å². The Morgan fingerprint density at radius 2 is 1.76 bits per heavy atom. The number of methoxy groups -OCH3 is 2. The summed E-state index contributed by atoms with van der Waals surface area (Å²) in [4.78, 5) is 4.25. The van der Waals surface area contributed by atoms with Gasteiger partial charge in [0.15, 0.2) is 5.41 Å². The van der Waals surface area contributed by atoms with E-state index >= 15 is 0 Å². The molecule has 0 aromatic carbocycles. The maximum atomic E-state index is 9.97. The molecule has 0 radical (unpaired) electrons. The number of aliphatic imine (C=N–C) groups is 1. The number of fused-ring (bicyclic) bond motifs is 3. The molecule has 1 heterocycles. The van der Waals surface area contributed by atoms with Crippen LogP contribution in [0.1, 0.15) is 32.6 Å². The van der Waals surface area contributed by atoms with Crippen LogP contribution in [0.25, 0.3) is 0 Å². The number of nitriles is 2. The van der Waals surface area contributed by atoms with Gasteiger partial charge in [0.2, 0.25) is 0 Å². The average molecular weight is 288 g/mol. The highest BCUT2D eigenvalue weighted by Gasteiger charge is 3.00. The molecule has 2 saturated carbocycles. The molecular weight excluding hydrogens is 268 g/mol. The molecule has 0 aromatic rings. The van der Waals surface area contributed by atoms with Gasteiger partial charge in [0.05, 0.1) is 12.1 Å². The molecule has 1 spiro atoms. The molecule has 2 fully saturated rings. The van der Waals surface area contributed by atoms with Crippen LogP contribution >= 0.6 is 0 Å². The van der Waals surface area contributed by atoms with Crippen LogP contribution in [0.2, 0.25) is 0 Å². The zero-order valence-electron chi connectivity index (χ0n) is 12.6. The first-order valence-corrected chi connectivity index (χ1v) is 7.26. The Morgan fingerprint density at radius 3 is 2.19 bits per heavy atom. The second-order valence-corrected chi connectivity index (χ2v) is 6.48. The summed E-state index contributed by atoms with van der Waals surface area (Å²) in [6.45, 7) is 2.19. The number of nitrogens with two attached hydrogens (primary N) is 1. The summed E-state index contributed by atoms with van der Waals surface area (Å²) in [5.41, 5.74) is 3.38. The highest BCUT2D eigenvalue weighted by atomic mass is 16.7. The minimum Gasteiger partial charge on any atom is -0.386 e. The zero-order chi connectivity index (χ0) is 15.5. The van der Waals surface area contributed by atoms with E-state index in [1.54, 1.807) is 0 Å². The molecule has 2 atom stereocenters. The van der Waals surface area contributed by atoms with Crippen molar-refractivity contribution in [3.8, 4) is 12.1 Å². The van der Waals surface area contributed by atoms with Crippen molar-refractivity contribution >= 4 is 5.84 Å². The Kier molecular flexibility index (Phi) is 2.71. The molecule has 3 rings (SSSR count). The highest BCUT2D eigenvalue weighted by Crippen LogP contribution is 2.88. The molecule has 6 nitrogen and oxygen atoms in total. The standard InChI is InChI=1S/C15H20N4O2/c1-10-4-6-12(7-5-10)13(8-16)11(18)19-15(20-2,21-3)14(12,13)9-17/h10H,4-7H2,1-3H3,(H2,18,19)/t10?,12?,13-,14+/m0/s1. The van der Waals surface area contributed by atoms with Crippen LogP contribution in [0.15, 0.2) is 4.99 Å². The minimum absolute atomic E-state index is 0.185. The zero-order valence-corrected chi connectivity index (χ0v) is 12.6. The van der Waals surface area contributed by atoms with Crippen LogP contribution < -0.4 is 5.73 Å². The van der Waals surface area contributed by atoms with Gasteiger partial charge in [-0.25, -0.2) is 4.99 Å². The quantitative estimate of drug-likeness (QED) is 0.776. The number of rotatable bonds is 2. The first-order valence-electron chi connectivity index (χ1n) is 7.26. The third-order valence-corrected chi connectivity index (χ3v) is 6.08. The lowest BCUT2D eigenvalue weighted by Gasteiger charge is -2.36. The molecule has 1 aliphatic heterocycles. The lowest BCUT2D eigenvalue weighted by molar-refractivity contribution is -0.238. The van der Waals surface area contributed by atoms with Crippen molar-refractivity contribution in [2.45, 2.75) is 38.5 Å². The van der Waals surface area contributed by atoms with E-state index in [4.69, 9.17) is 15.2 Å². The van der Waals surface area contributed by atoms with Gasteiger partial charge in [-0.1, -0.05) is 19.8 Å². The van der Waals surface area contributed by atoms with E-state index in [9.17, 15) is 10.5 Å². The maximum Gasteiger partial charge on any atom is 0.292 e. The van der Waals surface area contributed by atoms with Gasteiger partial charge in [0, 0.05) is 19.6 Å². The summed E-state index contributed by atoms with van der Waals surface area (Å²) < 4.78 is 11.0. The Hall–Kier alpha value is -1.63. The largest absolute Gasteiger partial charge is 0.386 e. The number of hydrogen-bond donors (Lipinski definition) is 1. The normalized spacial score (nSPS) is 46.3. The van der Waals surface area contributed by atoms with Gasteiger partial charge >= 0.3 is 0 Å². The molecule has 0 unspecified atom stereocenters. The second kappa shape index (κ2) is 3.97. The van der Waals surface area contributed by atoms with Gasteiger partial charge in [-0.2, -0.15) is 10.5 Å². The van der Waals surface area contributed by atoms with E-state index in [-0.39, 0.29) is 5.84 Å². The molecule has 2 aliphatic carbocycles. The first kappa shape index (κ1) is 14.3. The van der Waals surface area contributed by atoms with Crippen LogP contribution in [0, 0.1) is 44.8 Å². The number of ether oxygens (including phenoxy) is 2. The predicted molar refractivity (Wildman–Crippen MR) is 74.5 cm³/mol. The molecule has 0 aromatic heterocycles. The summed E-state index contributed by atoms with van der Waals surface area (Å²) in [6, 6.07) is 4.65. The lowest BCUT2D eigenvalue weighted by Crippen LogP contribution is -2.44. The van der Waals surface area contributed by atoms with E-state index < -0.39 is 22.2 Å². The summed E-state index contributed by atoms with van der Waals surface area (Å²) in [7, 11) is 2.90. The van der Waals surface area contributed by atoms with Crippen molar-refractivity contribution in [2.75, 3.05) is 14.2 Å². The third-order valence-electron chi connectivity index (χ3n) is 6.08. The second-order valence-electron chi connectivity index (χ2n) is 6.48. The van der Waals surface area contributed by atoms with E-state index in [2.05, 4.69) is 24.1 Å². The van der Waals surface area contributed by atoms with Gasteiger partial charge in [-0.3, -0.25) is 0 Å². The van der Waals surface area contributed by atoms with E-state index in [1.165, 1.54) is 14.2 Å². The SMILES string of the molecule is COC1(OC)N=C(N)[C@@]2(C#N)C3(CCC(C)CC3)[C@@]12C#N. The molecule has 21 heavy (non-hydrogen) atoms. The highest BCUT2D eigenvalue weighted by molar-refractivity contribution is 6.00. The lowest BCUT2D eigenvalue weighted by atomic mass is 9.73. The summed E-state index contributed by atoms with van der Waals surface area (Å²) in [6.07, 6.45) is 3.51. The first-order chi connectivity index (χ1) is 9.97. The molecule has 0 bridgehead atoms. The van der Waals surface area contributed by atoms with Crippen LogP contribution in [0.5, 0.6) is 0 Å². The van der Waals surface area contributed by atoms with Crippen molar-refractivity contribution in [3.63, 3.8) is 0 Å². The topological polar surface area (TPSA) is 104 Å². The molecule has 6 heteroatoms. The number of hydrogen-bond acceptors (Lipinski definition) is 6.